The van der Waals surface area contributed by atoms with Crippen LogP contribution >= 0.6 is 0 Å². The topological polar surface area (TPSA) is 20.2 Å². The molecular formula is C23H37O. The second-order valence-corrected chi connectivity index (χ2v) is 6.90. The third-order valence-corrected chi connectivity index (χ3v) is 4.62. The smallest absolute Gasteiger partial charge is 0.123 e. The Morgan fingerprint density at radius 3 is 1.92 bits per heavy atom. The molecule has 0 spiro atoms. The second kappa shape index (κ2) is 15.3. The van der Waals surface area contributed by atoms with Crippen molar-refractivity contribution in [1.29, 1.82) is 0 Å². The minimum atomic E-state index is 0.319. The molecule has 1 radical (unpaired) electrons. The van der Waals surface area contributed by atoms with Gasteiger partial charge in [0.2, 0.25) is 0 Å². The van der Waals surface area contributed by atoms with E-state index < -0.39 is 0 Å². The van der Waals surface area contributed by atoms with Crippen LogP contribution in [0.25, 0.3) is 6.08 Å². The Hall–Kier alpha value is -1.24. The second-order valence-electron chi connectivity index (χ2n) is 6.90. The first-order valence-electron chi connectivity index (χ1n) is 10.2. The van der Waals surface area contributed by atoms with Crippen LogP contribution in [0.2, 0.25) is 0 Å². The van der Waals surface area contributed by atoms with E-state index in [1.54, 1.807) is 12.1 Å². The van der Waals surface area contributed by atoms with Gasteiger partial charge >= 0.3 is 0 Å². The molecule has 1 rings (SSSR count). The van der Waals surface area contributed by atoms with Crippen molar-refractivity contribution in [3.63, 3.8) is 0 Å². The van der Waals surface area contributed by atoms with E-state index in [1.165, 1.54) is 83.5 Å². The summed E-state index contributed by atoms with van der Waals surface area (Å²) in [6.07, 6.45) is 23.4. The molecule has 0 amide bonds. The molecule has 1 nitrogen and oxygen atoms in total. The summed E-state index contributed by atoms with van der Waals surface area (Å²) in [4.78, 5) is 0. The van der Waals surface area contributed by atoms with Gasteiger partial charge in [0, 0.05) is 5.56 Å². The van der Waals surface area contributed by atoms with E-state index in [0.29, 0.717) is 5.75 Å². The quantitative estimate of drug-likeness (QED) is 0.327. The van der Waals surface area contributed by atoms with Crippen molar-refractivity contribution in [3.05, 3.63) is 35.9 Å². The summed E-state index contributed by atoms with van der Waals surface area (Å²) in [5, 5.41) is 9.64. The third-order valence-electron chi connectivity index (χ3n) is 4.62. The van der Waals surface area contributed by atoms with Crippen LogP contribution in [-0.2, 0) is 0 Å². The van der Waals surface area contributed by atoms with E-state index in [1.807, 2.05) is 12.1 Å². The standard InChI is InChI=1S/C23H37O/c1-2-3-4-5-6-7-8-9-10-11-12-13-14-15-16-19-22-20-17-18-21-23(22)24/h16-19,21,24H,2-15H2,1H3/b19-16+. The zero-order valence-corrected chi connectivity index (χ0v) is 15.7. The Labute approximate surface area is 150 Å². The largest absolute Gasteiger partial charge is 0.507 e. The highest BCUT2D eigenvalue weighted by atomic mass is 16.3. The minimum absolute atomic E-state index is 0.319. The van der Waals surface area contributed by atoms with Crippen LogP contribution in [0.1, 0.15) is 102 Å². The van der Waals surface area contributed by atoms with Crippen LogP contribution in [0, 0.1) is 6.07 Å². The lowest BCUT2D eigenvalue weighted by Gasteiger charge is -2.02. The molecule has 0 aliphatic carbocycles. The molecule has 1 aromatic carbocycles. The Bertz CT molecular complexity index is 422. The first kappa shape index (κ1) is 20.8. The number of aromatic hydroxyl groups is 1. The summed E-state index contributed by atoms with van der Waals surface area (Å²) in [6, 6.07) is 8.40. The van der Waals surface area contributed by atoms with Crippen LogP contribution < -0.4 is 0 Å². The third kappa shape index (κ3) is 11.3. The van der Waals surface area contributed by atoms with Crippen molar-refractivity contribution in [2.24, 2.45) is 0 Å². The zero-order valence-electron chi connectivity index (χ0n) is 15.7. The van der Waals surface area contributed by atoms with Gasteiger partial charge in [-0.1, -0.05) is 108 Å². The van der Waals surface area contributed by atoms with Gasteiger partial charge in [-0.2, -0.15) is 0 Å². The lowest BCUT2D eigenvalue weighted by Crippen LogP contribution is -1.82. The molecular weight excluding hydrogens is 292 g/mol. The van der Waals surface area contributed by atoms with Crippen molar-refractivity contribution in [1.82, 2.24) is 0 Å². The molecule has 0 fully saturated rings. The molecule has 0 saturated heterocycles. The molecule has 1 heteroatoms. The fourth-order valence-electron chi connectivity index (χ4n) is 3.06. The number of phenols is 1. The number of rotatable bonds is 15. The maximum atomic E-state index is 9.64. The van der Waals surface area contributed by atoms with Crippen LogP contribution in [0.15, 0.2) is 24.3 Å². The summed E-state index contributed by atoms with van der Waals surface area (Å²) < 4.78 is 0. The fourth-order valence-corrected chi connectivity index (χ4v) is 3.06. The molecule has 0 bridgehead atoms. The molecule has 1 N–H and O–H groups in total. The van der Waals surface area contributed by atoms with E-state index in [4.69, 9.17) is 0 Å². The highest BCUT2D eigenvalue weighted by Crippen LogP contribution is 2.17. The highest BCUT2D eigenvalue weighted by molar-refractivity contribution is 5.55. The molecule has 24 heavy (non-hydrogen) atoms. The molecule has 0 saturated carbocycles. The Balaban J connectivity index is 1.83. The predicted octanol–water partition coefficient (Wildman–Crippen LogP) is 7.69. The summed E-state index contributed by atoms with van der Waals surface area (Å²) in [5.74, 6) is 0.319. The van der Waals surface area contributed by atoms with Crippen LogP contribution in [-0.4, -0.2) is 5.11 Å². The average molecular weight is 330 g/mol. The predicted molar refractivity (Wildman–Crippen MR) is 106 cm³/mol. The number of hydrogen-bond acceptors (Lipinski definition) is 1. The van der Waals surface area contributed by atoms with Crippen molar-refractivity contribution in [2.45, 2.75) is 96.8 Å². The molecule has 0 aromatic heterocycles. The van der Waals surface area contributed by atoms with Gasteiger partial charge in [-0.25, -0.2) is 0 Å². The summed E-state index contributed by atoms with van der Waals surface area (Å²) in [6.45, 7) is 2.28. The highest BCUT2D eigenvalue weighted by Gasteiger charge is 1.95. The lowest BCUT2D eigenvalue weighted by molar-refractivity contribution is 0.474. The monoisotopic (exact) mass is 329 g/mol. The molecule has 0 heterocycles. The van der Waals surface area contributed by atoms with Crippen LogP contribution in [0.3, 0.4) is 0 Å². The van der Waals surface area contributed by atoms with Gasteiger partial charge in [0.05, 0.1) is 0 Å². The van der Waals surface area contributed by atoms with Gasteiger partial charge < -0.3 is 5.11 Å². The lowest BCUT2D eigenvalue weighted by atomic mass is 10.0. The zero-order chi connectivity index (χ0) is 17.3. The summed E-state index contributed by atoms with van der Waals surface area (Å²) in [7, 11) is 0. The molecule has 0 unspecified atom stereocenters. The van der Waals surface area contributed by atoms with Gasteiger partial charge in [-0.3, -0.25) is 0 Å². The molecule has 0 aliphatic rings. The normalized spacial score (nSPS) is 11.4. The number of allylic oxidation sites excluding steroid dienone is 1. The van der Waals surface area contributed by atoms with E-state index in [0.717, 1.165) is 12.0 Å². The molecule has 1 aromatic rings. The van der Waals surface area contributed by atoms with Gasteiger partial charge in [0.15, 0.2) is 0 Å². The number of unbranched alkanes of at least 4 members (excludes halogenated alkanes) is 13. The first-order valence-corrected chi connectivity index (χ1v) is 10.2. The number of benzene rings is 1. The maximum absolute atomic E-state index is 9.64. The van der Waals surface area contributed by atoms with Gasteiger partial charge in [0.1, 0.15) is 5.75 Å². The Morgan fingerprint density at radius 2 is 1.38 bits per heavy atom. The summed E-state index contributed by atoms with van der Waals surface area (Å²) in [5.41, 5.74) is 0.798. The van der Waals surface area contributed by atoms with Crippen molar-refractivity contribution in [2.75, 3.05) is 0 Å². The van der Waals surface area contributed by atoms with E-state index in [2.05, 4.69) is 19.1 Å². The average Bonchev–Trinajstić information content (AvgIpc) is 2.60. The molecule has 0 atom stereocenters. The van der Waals surface area contributed by atoms with Crippen LogP contribution in [0.4, 0.5) is 0 Å². The minimum Gasteiger partial charge on any atom is -0.507 e. The van der Waals surface area contributed by atoms with Crippen molar-refractivity contribution < 1.29 is 5.11 Å². The fraction of sp³-hybridized carbons (Fsp3) is 0.652. The Kier molecular flexibility index (Phi) is 13.3. The van der Waals surface area contributed by atoms with Crippen molar-refractivity contribution in [3.8, 4) is 5.75 Å². The van der Waals surface area contributed by atoms with Crippen LogP contribution in [0.5, 0.6) is 5.75 Å². The molecule has 135 valence electrons. The summed E-state index contributed by atoms with van der Waals surface area (Å²) >= 11 is 0. The Morgan fingerprint density at radius 1 is 0.833 bits per heavy atom. The van der Waals surface area contributed by atoms with Crippen molar-refractivity contribution >= 4 is 6.08 Å². The number of phenolic OH excluding ortho intramolecular Hbond substituents is 1. The maximum Gasteiger partial charge on any atom is 0.123 e. The van der Waals surface area contributed by atoms with E-state index >= 15 is 0 Å². The van der Waals surface area contributed by atoms with Gasteiger partial charge in [-0.05, 0) is 25.0 Å². The van der Waals surface area contributed by atoms with Gasteiger partial charge in [-0.15, -0.1) is 0 Å². The van der Waals surface area contributed by atoms with E-state index in [9.17, 15) is 5.11 Å². The van der Waals surface area contributed by atoms with E-state index in [-0.39, 0.29) is 0 Å². The first-order chi connectivity index (χ1) is 11.8. The molecule has 0 aliphatic heterocycles. The SMILES string of the molecule is CCCCCCCCCCCCCCC/C=C/c1[c]cccc1O. The van der Waals surface area contributed by atoms with Gasteiger partial charge in [0.25, 0.3) is 0 Å². The number of hydrogen-bond donors (Lipinski definition) is 1.